The van der Waals surface area contributed by atoms with Gasteiger partial charge in [0.15, 0.2) is 0 Å². The van der Waals surface area contributed by atoms with E-state index in [0.29, 0.717) is 21.9 Å². The molecule has 0 aliphatic heterocycles. The Labute approximate surface area is 126 Å². The molecule has 4 nitrogen and oxygen atoms in total. The third-order valence-corrected chi connectivity index (χ3v) is 4.20. The average Bonchev–Trinajstić information content (AvgIpc) is 3.31. The van der Waals surface area contributed by atoms with Gasteiger partial charge in [-0.2, -0.15) is 0 Å². The lowest BCUT2D eigenvalue weighted by Gasteiger charge is -2.05. The number of carboxylic acids is 1. The fourth-order valence-corrected chi connectivity index (χ4v) is 2.81. The highest BCUT2D eigenvalue weighted by Crippen LogP contribution is 2.33. The predicted molar refractivity (Wildman–Crippen MR) is 83.4 cm³/mol. The van der Waals surface area contributed by atoms with Crippen LogP contribution in [0.5, 0.6) is 0 Å². The van der Waals surface area contributed by atoms with Crippen molar-refractivity contribution < 1.29 is 14.3 Å². The molecule has 2 aromatic carbocycles. The molecule has 22 heavy (non-hydrogen) atoms. The molecule has 0 spiro atoms. The molecule has 1 aliphatic carbocycles. The first-order chi connectivity index (χ1) is 10.6. The van der Waals surface area contributed by atoms with E-state index in [4.69, 9.17) is 9.52 Å². The number of carbonyl (C=O) groups is 1. The van der Waals surface area contributed by atoms with Gasteiger partial charge in [0.1, 0.15) is 11.2 Å². The topological polar surface area (TPSA) is 67.5 Å². The maximum absolute atomic E-state index is 12.6. The van der Waals surface area contributed by atoms with Gasteiger partial charge in [0, 0.05) is 0 Å². The Morgan fingerprint density at radius 2 is 1.91 bits per heavy atom. The van der Waals surface area contributed by atoms with Crippen molar-refractivity contribution in [1.29, 1.82) is 0 Å². The van der Waals surface area contributed by atoms with E-state index in [1.165, 1.54) is 30.5 Å². The number of carboxylic acid groups (broad SMARTS) is 1. The summed E-state index contributed by atoms with van der Waals surface area (Å²) in [6.45, 7) is 0. The van der Waals surface area contributed by atoms with Crippen molar-refractivity contribution in [2.45, 2.75) is 19.3 Å². The number of hydrogen-bond donors (Lipinski definition) is 1. The van der Waals surface area contributed by atoms with E-state index in [0.717, 1.165) is 12.3 Å². The number of benzene rings is 2. The van der Waals surface area contributed by atoms with E-state index in [-0.39, 0.29) is 11.0 Å². The zero-order valence-corrected chi connectivity index (χ0v) is 11.8. The van der Waals surface area contributed by atoms with E-state index in [9.17, 15) is 9.59 Å². The Morgan fingerprint density at radius 1 is 1.09 bits per heavy atom. The Hall–Kier alpha value is -2.62. The Balaban J connectivity index is 1.93. The summed E-state index contributed by atoms with van der Waals surface area (Å²) in [5.74, 6) is -0.288. The highest BCUT2D eigenvalue weighted by atomic mass is 16.4. The van der Waals surface area contributed by atoms with Crippen molar-refractivity contribution in [3.8, 4) is 0 Å². The molecule has 0 unspecified atom stereocenters. The monoisotopic (exact) mass is 294 g/mol. The minimum atomic E-state index is -1.05. The molecule has 1 heterocycles. The summed E-state index contributed by atoms with van der Waals surface area (Å²) >= 11 is 0. The highest BCUT2D eigenvalue weighted by molar-refractivity contribution is 5.96. The van der Waals surface area contributed by atoms with Gasteiger partial charge < -0.3 is 9.52 Å². The number of aromatic carboxylic acids is 1. The van der Waals surface area contributed by atoms with Gasteiger partial charge in [0.25, 0.3) is 0 Å². The van der Waals surface area contributed by atoms with E-state index in [1.54, 1.807) is 12.1 Å². The molecule has 3 aromatic rings. The van der Waals surface area contributed by atoms with Crippen molar-refractivity contribution in [3.05, 3.63) is 57.7 Å². The van der Waals surface area contributed by atoms with Crippen LogP contribution in [-0.2, 0) is 6.42 Å². The van der Waals surface area contributed by atoms with Gasteiger partial charge >= 0.3 is 5.97 Å². The van der Waals surface area contributed by atoms with Gasteiger partial charge in [0.2, 0.25) is 5.43 Å². The maximum atomic E-state index is 12.6. The number of hydrogen-bond acceptors (Lipinski definition) is 3. The quantitative estimate of drug-likeness (QED) is 0.749. The summed E-state index contributed by atoms with van der Waals surface area (Å²) in [5.41, 5.74) is 2.08. The Bertz CT molecular complexity index is 964. The molecule has 0 saturated heterocycles. The molecular weight excluding hydrogens is 280 g/mol. The van der Waals surface area contributed by atoms with E-state index >= 15 is 0 Å². The second-order valence-electron chi connectivity index (χ2n) is 5.93. The molecular formula is C18H14O4. The van der Waals surface area contributed by atoms with Crippen LogP contribution >= 0.6 is 0 Å². The van der Waals surface area contributed by atoms with Gasteiger partial charge in [-0.15, -0.1) is 0 Å². The predicted octanol–water partition coefficient (Wildman–Crippen LogP) is 3.60. The standard InChI is InChI=1S/C18H14O4/c19-17-13-5-3-11(7-10-1-2-10)8-16(13)22-15-6-4-12(18(20)21)9-14(15)17/h3-6,8-10H,1-2,7H2,(H,20,21). The zero-order chi connectivity index (χ0) is 15.3. The second-order valence-corrected chi connectivity index (χ2v) is 5.93. The minimum Gasteiger partial charge on any atom is -0.478 e. The first-order valence-corrected chi connectivity index (χ1v) is 7.34. The largest absolute Gasteiger partial charge is 0.478 e. The number of fused-ring (bicyclic) bond motifs is 2. The zero-order valence-electron chi connectivity index (χ0n) is 11.8. The maximum Gasteiger partial charge on any atom is 0.335 e. The lowest BCUT2D eigenvalue weighted by Crippen LogP contribution is -2.05. The van der Waals surface area contributed by atoms with Crippen LogP contribution < -0.4 is 5.43 Å². The molecule has 110 valence electrons. The Kier molecular flexibility index (Phi) is 2.79. The third kappa shape index (κ3) is 2.17. The van der Waals surface area contributed by atoms with Gasteiger partial charge in [-0.1, -0.05) is 6.07 Å². The van der Waals surface area contributed by atoms with Crippen LogP contribution in [0.4, 0.5) is 0 Å². The first-order valence-electron chi connectivity index (χ1n) is 7.34. The normalized spacial score (nSPS) is 14.5. The van der Waals surface area contributed by atoms with Gasteiger partial charge in [0.05, 0.1) is 16.3 Å². The summed E-state index contributed by atoms with van der Waals surface area (Å²) in [4.78, 5) is 23.6. The van der Waals surface area contributed by atoms with E-state index in [2.05, 4.69) is 0 Å². The molecule has 0 bridgehead atoms. The van der Waals surface area contributed by atoms with Crippen LogP contribution in [0.15, 0.2) is 45.6 Å². The Morgan fingerprint density at radius 3 is 2.64 bits per heavy atom. The van der Waals surface area contributed by atoms with Crippen LogP contribution in [0.1, 0.15) is 28.8 Å². The SMILES string of the molecule is O=C(O)c1ccc2oc3cc(CC4CC4)ccc3c(=O)c2c1. The highest BCUT2D eigenvalue weighted by Gasteiger charge is 2.21. The molecule has 0 atom stereocenters. The lowest BCUT2D eigenvalue weighted by molar-refractivity contribution is 0.0697. The van der Waals surface area contributed by atoms with Crippen LogP contribution in [-0.4, -0.2) is 11.1 Å². The molecule has 1 N–H and O–H groups in total. The summed E-state index contributed by atoms with van der Waals surface area (Å²) in [6.07, 6.45) is 3.57. The molecule has 1 aromatic heterocycles. The van der Waals surface area contributed by atoms with Gasteiger partial charge in [-0.05, 0) is 61.1 Å². The van der Waals surface area contributed by atoms with Crippen LogP contribution in [0.25, 0.3) is 21.9 Å². The molecule has 4 rings (SSSR count). The van der Waals surface area contributed by atoms with Crippen LogP contribution in [0.3, 0.4) is 0 Å². The second kappa shape index (κ2) is 4.70. The van der Waals surface area contributed by atoms with Crippen LogP contribution in [0.2, 0.25) is 0 Å². The summed E-state index contributed by atoms with van der Waals surface area (Å²) in [6, 6.07) is 10.1. The van der Waals surface area contributed by atoms with Crippen molar-refractivity contribution >= 4 is 27.9 Å². The molecule has 1 fully saturated rings. The van der Waals surface area contributed by atoms with E-state index in [1.807, 2.05) is 12.1 Å². The first kappa shape index (κ1) is 13.1. The molecule has 4 heteroatoms. The average molecular weight is 294 g/mol. The lowest BCUT2D eigenvalue weighted by atomic mass is 10.0. The van der Waals surface area contributed by atoms with Crippen molar-refractivity contribution in [2.75, 3.05) is 0 Å². The summed E-state index contributed by atoms with van der Waals surface area (Å²) < 4.78 is 5.81. The fourth-order valence-electron chi connectivity index (χ4n) is 2.81. The third-order valence-electron chi connectivity index (χ3n) is 4.20. The van der Waals surface area contributed by atoms with Gasteiger partial charge in [-0.3, -0.25) is 4.79 Å². The molecule has 0 amide bonds. The molecule has 0 radical (unpaired) electrons. The number of rotatable bonds is 3. The summed E-state index contributed by atoms with van der Waals surface area (Å²) in [7, 11) is 0. The molecule has 1 aliphatic rings. The minimum absolute atomic E-state index is 0.0875. The van der Waals surface area contributed by atoms with E-state index < -0.39 is 5.97 Å². The van der Waals surface area contributed by atoms with Gasteiger partial charge in [-0.25, -0.2) is 4.79 Å². The molecule has 1 saturated carbocycles. The smallest absolute Gasteiger partial charge is 0.335 e. The van der Waals surface area contributed by atoms with Crippen LogP contribution in [0, 0.1) is 5.92 Å². The van der Waals surface area contributed by atoms with Crippen molar-refractivity contribution in [1.82, 2.24) is 0 Å². The fraction of sp³-hybridized carbons (Fsp3) is 0.222. The summed E-state index contributed by atoms with van der Waals surface area (Å²) in [5, 5.41) is 9.84. The van der Waals surface area contributed by atoms with Crippen molar-refractivity contribution in [3.63, 3.8) is 0 Å². The van der Waals surface area contributed by atoms with Crippen molar-refractivity contribution in [2.24, 2.45) is 5.92 Å².